The first kappa shape index (κ1) is 26.5. The summed E-state index contributed by atoms with van der Waals surface area (Å²) < 4.78 is 0. The summed E-state index contributed by atoms with van der Waals surface area (Å²) in [6.07, 6.45) is 11.8. The number of fused-ring (bicyclic) bond motifs is 1. The minimum absolute atomic E-state index is 0.0346. The minimum Gasteiger partial charge on any atom is -0.396 e. The van der Waals surface area contributed by atoms with Gasteiger partial charge in [0, 0.05) is 43.1 Å². The first-order valence-electron chi connectivity index (χ1n) is 14.7. The van der Waals surface area contributed by atoms with Crippen LogP contribution in [0.15, 0.2) is 16.1 Å². The lowest BCUT2D eigenvalue weighted by Crippen LogP contribution is -2.58. The predicted octanol–water partition coefficient (Wildman–Crippen LogP) is 4.45. The van der Waals surface area contributed by atoms with Crippen LogP contribution in [0.4, 0.5) is 0 Å². The van der Waals surface area contributed by atoms with Gasteiger partial charge in [-0.2, -0.15) is 0 Å². The van der Waals surface area contributed by atoms with E-state index in [4.69, 9.17) is 5.73 Å². The molecule has 206 valence electrons. The second-order valence-electron chi connectivity index (χ2n) is 13.2. The lowest BCUT2D eigenvalue weighted by atomic mass is 9.41. The van der Waals surface area contributed by atoms with E-state index in [1.165, 1.54) is 5.57 Å². The van der Waals surface area contributed by atoms with Crippen LogP contribution in [0, 0.1) is 34.0 Å². The molecule has 0 aromatic rings. The van der Waals surface area contributed by atoms with Crippen LogP contribution >= 0.6 is 21.6 Å². The van der Waals surface area contributed by atoms with Gasteiger partial charge in [0.15, 0.2) is 11.7 Å². The number of aliphatic hydroxyl groups excluding tert-OH is 2. The Balaban J connectivity index is 1.42. The molecule has 2 heterocycles. The lowest BCUT2D eigenvalue weighted by molar-refractivity contribution is -0.160. The number of hydrogen-bond donors (Lipinski definition) is 4. The van der Waals surface area contributed by atoms with Gasteiger partial charge in [-0.25, -0.2) is 0 Å². The van der Waals surface area contributed by atoms with E-state index in [9.17, 15) is 15.0 Å². The topological polar surface area (TPSA) is 108 Å². The molecule has 8 heteroatoms. The molecule has 37 heavy (non-hydrogen) atoms. The molecular weight excluding hydrogens is 502 g/mol. The van der Waals surface area contributed by atoms with Gasteiger partial charge in [0.2, 0.25) is 0 Å². The summed E-state index contributed by atoms with van der Waals surface area (Å²) in [5, 5.41) is 24.0. The van der Waals surface area contributed by atoms with Gasteiger partial charge in [0.1, 0.15) is 0 Å². The first-order chi connectivity index (χ1) is 17.8. The summed E-state index contributed by atoms with van der Waals surface area (Å²) in [7, 11) is 3.99. The van der Waals surface area contributed by atoms with Crippen molar-refractivity contribution in [3.63, 3.8) is 0 Å². The maximum Gasteiger partial charge on any atom is 0.189 e. The molecule has 6 bridgehead atoms. The van der Waals surface area contributed by atoms with E-state index in [0.717, 1.165) is 88.7 Å². The number of nitrogens with two attached hydrogens (primary N) is 1. The molecule has 0 aromatic heterocycles. The Labute approximate surface area is 229 Å². The summed E-state index contributed by atoms with van der Waals surface area (Å²) in [5.74, 6) is 4.51. The van der Waals surface area contributed by atoms with Gasteiger partial charge in [-0.15, -0.1) is 0 Å². The summed E-state index contributed by atoms with van der Waals surface area (Å²) in [5.41, 5.74) is 8.78. The van der Waals surface area contributed by atoms with Crippen LogP contribution in [-0.2, 0) is 4.79 Å². The van der Waals surface area contributed by atoms with E-state index in [2.05, 4.69) is 17.2 Å². The Morgan fingerprint density at radius 1 is 1.16 bits per heavy atom. The summed E-state index contributed by atoms with van der Waals surface area (Å²) in [4.78, 5) is 18.4. The molecule has 3 saturated carbocycles. The number of ketones is 1. The molecule has 7 unspecified atom stereocenters. The van der Waals surface area contributed by atoms with Crippen molar-refractivity contribution < 1.29 is 15.0 Å². The fourth-order valence-corrected chi connectivity index (χ4v) is 13.1. The van der Waals surface area contributed by atoms with Crippen molar-refractivity contribution >= 4 is 33.3 Å². The molecule has 7 atom stereocenters. The molecule has 0 aromatic carbocycles. The van der Waals surface area contributed by atoms with Crippen LogP contribution in [0.2, 0.25) is 0 Å². The van der Waals surface area contributed by atoms with E-state index in [-0.39, 0.29) is 35.0 Å². The zero-order valence-electron chi connectivity index (χ0n) is 22.4. The second-order valence-corrected chi connectivity index (χ2v) is 15.8. The molecule has 6 rings (SSSR count). The van der Waals surface area contributed by atoms with E-state index in [0.29, 0.717) is 35.9 Å². The fraction of sp³-hybridized carbons (Fsp3) is 0.862. The number of unbranched alkanes of at least 4 members (excludes halogenated alkanes) is 1. The van der Waals surface area contributed by atoms with Gasteiger partial charge in [-0.1, -0.05) is 40.5 Å². The van der Waals surface area contributed by atoms with Gasteiger partial charge in [-0.3, -0.25) is 9.79 Å². The van der Waals surface area contributed by atoms with Crippen LogP contribution in [0.1, 0.15) is 84.0 Å². The highest BCUT2D eigenvalue weighted by atomic mass is 33.1. The van der Waals surface area contributed by atoms with Gasteiger partial charge in [-0.05, 0) is 98.4 Å². The maximum atomic E-state index is 14.0. The van der Waals surface area contributed by atoms with Crippen LogP contribution < -0.4 is 11.1 Å². The highest BCUT2D eigenvalue weighted by molar-refractivity contribution is 8.76. The molecule has 4 aliphatic carbocycles. The number of carbonyl (C=O) groups excluding carboxylic acids is 1. The monoisotopic (exact) mass is 547 g/mol. The molecule has 6 nitrogen and oxygen atoms in total. The molecule has 2 aliphatic heterocycles. The van der Waals surface area contributed by atoms with Gasteiger partial charge in [0.25, 0.3) is 0 Å². The number of Topliss-reactive ketones (excluding diaryl/α,β-unsaturated/α-hetero) is 1. The second kappa shape index (κ2) is 9.74. The van der Waals surface area contributed by atoms with Crippen molar-refractivity contribution in [2.24, 2.45) is 44.7 Å². The Bertz CT molecular complexity index is 1000. The van der Waals surface area contributed by atoms with Crippen LogP contribution in [0.3, 0.4) is 0 Å². The van der Waals surface area contributed by atoms with Crippen molar-refractivity contribution in [2.75, 3.05) is 31.3 Å². The van der Waals surface area contributed by atoms with Crippen molar-refractivity contribution in [1.29, 1.82) is 0 Å². The average molecular weight is 548 g/mol. The number of aliphatic imine (C=N–C) groups is 1. The number of nitrogens with one attached hydrogen (secondary N) is 1. The van der Waals surface area contributed by atoms with E-state index in [1.807, 2.05) is 21.6 Å². The number of guanidine groups is 1. The fourth-order valence-electron chi connectivity index (χ4n) is 10.3. The predicted molar refractivity (Wildman–Crippen MR) is 152 cm³/mol. The number of nitrogens with zero attached hydrogens (tertiary/aromatic N) is 1. The molecule has 6 aliphatic rings. The SMILES string of the molecule is CC12CCSSCC3(CCCC4=C5C6CCC(CO)(CC61)C(CCCCO)C52CC4=O)CCN=C(N)N3. The highest BCUT2D eigenvalue weighted by Crippen LogP contribution is 2.82. The third-order valence-corrected chi connectivity index (χ3v) is 14.4. The number of aliphatic hydroxyl groups is 2. The summed E-state index contributed by atoms with van der Waals surface area (Å²) in [6, 6.07) is 0. The quantitative estimate of drug-likeness (QED) is 0.297. The smallest absolute Gasteiger partial charge is 0.189 e. The van der Waals surface area contributed by atoms with Gasteiger partial charge in [0.05, 0.1) is 5.54 Å². The van der Waals surface area contributed by atoms with Gasteiger partial charge >= 0.3 is 0 Å². The van der Waals surface area contributed by atoms with Crippen LogP contribution in [0.5, 0.6) is 0 Å². The third kappa shape index (κ3) is 3.81. The van der Waals surface area contributed by atoms with Crippen molar-refractivity contribution in [3.05, 3.63) is 11.1 Å². The number of hydrogen-bond acceptors (Lipinski definition) is 8. The standard InChI is InChI=1S/C29H45N3O3S2/c1-26-11-14-36-37-18-28(10-12-31-25(30)32-28)8-4-5-20-22(35)16-29(26)23(6-2-3-13-33)27(17-34)9-7-19(24(20)29)21(26)15-27/h19,21,23,33-34H,2-18H2,1H3,(H3,30,31,32). The molecule has 2 spiro atoms. The minimum atomic E-state index is -0.0984. The zero-order valence-corrected chi connectivity index (χ0v) is 24.0. The zero-order chi connectivity index (χ0) is 25.9. The van der Waals surface area contributed by atoms with Crippen molar-refractivity contribution in [3.8, 4) is 0 Å². The van der Waals surface area contributed by atoms with Crippen molar-refractivity contribution in [2.45, 2.75) is 89.5 Å². The number of allylic oxidation sites excluding steroid dienone is 2. The molecule has 0 saturated heterocycles. The third-order valence-electron chi connectivity index (χ3n) is 11.9. The molecule has 0 radical (unpaired) electrons. The average Bonchev–Trinajstić information content (AvgIpc) is 3.19. The Hall–Kier alpha value is -0.700. The Kier molecular flexibility index (Phi) is 6.98. The van der Waals surface area contributed by atoms with E-state index >= 15 is 0 Å². The number of rotatable bonds is 5. The lowest BCUT2D eigenvalue weighted by Gasteiger charge is -2.62. The van der Waals surface area contributed by atoms with E-state index < -0.39 is 0 Å². The molecule has 0 amide bonds. The van der Waals surface area contributed by atoms with Crippen molar-refractivity contribution in [1.82, 2.24) is 5.32 Å². The molecule has 5 N–H and O–H groups in total. The van der Waals surface area contributed by atoms with E-state index in [1.54, 1.807) is 5.57 Å². The van der Waals surface area contributed by atoms with Crippen LogP contribution in [0.25, 0.3) is 0 Å². The first-order valence-corrected chi connectivity index (χ1v) is 17.1. The largest absolute Gasteiger partial charge is 0.396 e. The summed E-state index contributed by atoms with van der Waals surface area (Å²) in [6.45, 7) is 3.78. The Morgan fingerprint density at radius 2 is 2.03 bits per heavy atom. The summed E-state index contributed by atoms with van der Waals surface area (Å²) >= 11 is 0. The van der Waals surface area contributed by atoms with Gasteiger partial charge < -0.3 is 21.3 Å². The maximum absolute atomic E-state index is 14.0. The van der Waals surface area contributed by atoms with Crippen LogP contribution in [-0.4, -0.2) is 58.8 Å². The normalized spacial score (nSPS) is 45.3. The molecular formula is C29H45N3O3S2. The number of carbonyl (C=O) groups is 1. The highest BCUT2D eigenvalue weighted by Gasteiger charge is 2.77. The molecule has 3 fully saturated rings. The Morgan fingerprint density at radius 3 is 2.81 bits per heavy atom.